The Morgan fingerprint density at radius 2 is 1.95 bits per heavy atom. The molecule has 0 saturated heterocycles. The Morgan fingerprint density at radius 3 is 2.58 bits per heavy atom. The highest BCUT2D eigenvalue weighted by molar-refractivity contribution is 9.11. The second-order valence-electron chi connectivity index (χ2n) is 4.33. The van der Waals surface area contributed by atoms with Gasteiger partial charge in [0.1, 0.15) is 5.76 Å². The van der Waals surface area contributed by atoms with Crippen LogP contribution in [0, 0.1) is 6.92 Å². The van der Waals surface area contributed by atoms with Crippen LogP contribution in [-0.2, 0) is 0 Å². The molecule has 1 unspecified atom stereocenters. The van der Waals surface area contributed by atoms with Gasteiger partial charge in [0.05, 0.1) is 22.1 Å². The van der Waals surface area contributed by atoms with Crippen molar-refractivity contribution in [2.75, 3.05) is 0 Å². The third kappa shape index (κ3) is 2.19. The molecule has 0 aliphatic rings. The highest BCUT2D eigenvalue weighted by atomic mass is 79.9. The van der Waals surface area contributed by atoms with Gasteiger partial charge < -0.3 is 14.4 Å². The summed E-state index contributed by atoms with van der Waals surface area (Å²) in [7, 11) is 0. The van der Waals surface area contributed by atoms with Gasteiger partial charge in [-0.1, -0.05) is 31.9 Å². The first-order valence-corrected chi connectivity index (χ1v) is 7.36. The molecule has 0 amide bonds. The summed E-state index contributed by atoms with van der Waals surface area (Å²) in [5, 5.41) is 0. The van der Waals surface area contributed by atoms with E-state index in [-0.39, 0.29) is 10.5 Å². The molecule has 1 atom stereocenters. The molecule has 98 valence electrons. The lowest BCUT2D eigenvalue weighted by Crippen LogP contribution is -1.99. The van der Waals surface area contributed by atoms with Gasteiger partial charge in [0.2, 0.25) is 0 Å². The standard InChI is InChI=1S/C13H10Br2N2O2/c1-6-2-3-19-12(6)11(15)7-4-9-10(5-8(7)14)17-13(18)16-9/h2-5,11H,1H3,(H2,16,17,18). The maximum absolute atomic E-state index is 11.3. The van der Waals surface area contributed by atoms with E-state index in [1.807, 2.05) is 25.1 Å². The van der Waals surface area contributed by atoms with Gasteiger partial charge in [0, 0.05) is 4.47 Å². The number of hydrogen-bond donors (Lipinski definition) is 2. The van der Waals surface area contributed by atoms with Crippen LogP contribution in [0.25, 0.3) is 11.0 Å². The average molecular weight is 386 g/mol. The number of aromatic amines is 2. The summed E-state index contributed by atoms with van der Waals surface area (Å²) in [6.45, 7) is 2.00. The molecule has 6 heteroatoms. The van der Waals surface area contributed by atoms with Gasteiger partial charge >= 0.3 is 5.69 Å². The van der Waals surface area contributed by atoms with Gasteiger partial charge in [-0.25, -0.2) is 4.79 Å². The number of aromatic nitrogens is 2. The van der Waals surface area contributed by atoms with E-state index in [1.54, 1.807) is 6.26 Å². The van der Waals surface area contributed by atoms with Gasteiger partial charge in [-0.2, -0.15) is 0 Å². The number of rotatable bonds is 2. The van der Waals surface area contributed by atoms with Crippen molar-refractivity contribution in [2.24, 2.45) is 0 Å². The molecule has 4 nitrogen and oxygen atoms in total. The van der Waals surface area contributed by atoms with Crippen LogP contribution >= 0.6 is 31.9 Å². The van der Waals surface area contributed by atoms with E-state index < -0.39 is 0 Å². The smallest absolute Gasteiger partial charge is 0.323 e. The molecular formula is C13H10Br2N2O2. The second-order valence-corrected chi connectivity index (χ2v) is 6.10. The van der Waals surface area contributed by atoms with E-state index in [0.29, 0.717) is 0 Å². The number of nitrogens with one attached hydrogen (secondary N) is 2. The zero-order valence-corrected chi connectivity index (χ0v) is 13.1. The molecule has 3 rings (SSSR count). The van der Waals surface area contributed by atoms with Crippen molar-refractivity contribution in [3.63, 3.8) is 0 Å². The number of benzene rings is 1. The molecule has 0 aliphatic carbocycles. The predicted octanol–water partition coefficient (Wildman–Crippen LogP) is 4.00. The Kier molecular flexibility index (Phi) is 3.14. The maximum Gasteiger partial charge on any atom is 0.323 e. The van der Waals surface area contributed by atoms with E-state index >= 15 is 0 Å². The minimum absolute atomic E-state index is 0.0697. The summed E-state index contributed by atoms with van der Waals surface area (Å²) in [6.07, 6.45) is 1.67. The van der Waals surface area contributed by atoms with Crippen LogP contribution in [0.15, 0.2) is 38.1 Å². The molecule has 19 heavy (non-hydrogen) atoms. The van der Waals surface area contributed by atoms with Gasteiger partial charge in [-0.15, -0.1) is 0 Å². The first-order chi connectivity index (χ1) is 9.06. The van der Waals surface area contributed by atoms with Crippen molar-refractivity contribution in [1.82, 2.24) is 9.97 Å². The number of hydrogen-bond acceptors (Lipinski definition) is 2. The van der Waals surface area contributed by atoms with Crippen molar-refractivity contribution < 1.29 is 4.42 Å². The van der Waals surface area contributed by atoms with Crippen molar-refractivity contribution in [1.29, 1.82) is 0 Å². The summed E-state index contributed by atoms with van der Waals surface area (Å²) >= 11 is 7.17. The molecule has 0 bridgehead atoms. The average Bonchev–Trinajstić information content (AvgIpc) is 2.92. The normalized spacial score (nSPS) is 13.0. The fraction of sp³-hybridized carbons (Fsp3) is 0.154. The zero-order chi connectivity index (χ0) is 13.6. The molecule has 3 aromatic rings. The predicted molar refractivity (Wildman–Crippen MR) is 80.8 cm³/mol. The topological polar surface area (TPSA) is 61.8 Å². The molecule has 1 aromatic carbocycles. The van der Waals surface area contributed by atoms with Crippen molar-refractivity contribution in [3.05, 3.63) is 56.3 Å². The first kappa shape index (κ1) is 12.7. The number of imidazole rings is 1. The third-order valence-corrected chi connectivity index (χ3v) is 4.63. The molecule has 0 radical (unpaired) electrons. The Balaban J connectivity index is 2.16. The Bertz CT molecular complexity index is 800. The van der Waals surface area contributed by atoms with Gasteiger partial charge in [-0.05, 0) is 36.2 Å². The van der Waals surface area contributed by atoms with E-state index in [0.717, 1.165) is 32.4 Å². The lowest BCUT2D eigenvalue weighted by Gasteiger charge is -2.11. The fourth-order valence-electron chi connectivity index (χ4n) is 2.05. The van der Waals surface area contributed by atoms with Crippen LogP contribution in [0.1, 0.15) is 21.7 Å². The summed E-state index contributed by atoms with van der Waals surface area (Å²) in [6, 6.07) is 5.74. The number of aryl methyl sites for hydroxylation is 1. The Morgan fingerprint density at radius 1 is 1.26 bits per heavy atom. The molecular weight excluding hydrogens is 376 g/mol. The lowest BCUT2D eigenvalue weighted by atomic mass is 10.1. The van der Waals surface area contributed by atoms with Gasteiger partial charge in [0.15, 0.2) is 0 Å². The van der Waals surface area contributed by atoms with E-state index in [9.17, 15) is 4.79 Å². The van der Waals surface area contributed by atoms with Crippen LogP contribution in [0.5, 0.6) is 0 Å². The summed E-state index contributed by atoms with van der Waals surface area (Å²) in [4.78, 5) is 16.7. The Labute approximate surface area is 125 Å². The number of fused-ring (bicyclic) bond motifs is 1. The number of H-pyrrole nitrogens is 2. The third-order valence-electron chi connectivity index (χ3n) is 3.04. The maximum atomic E-state index is 11.3. The summed E-state index contributed by atoms with van der Waals surface area (Å²) in [5.41, 5.74) is 3.42. The summed E-state index contributed by atoms with van der Waals surface area (Å²) in [5.74, 6) is 0.859. The molecule has 2 N–H and O–H groups in total. The summed E-state index contributed by atoms with van der Waals surface area (Å²) < 4.78 is 6.42. The van der Waals surface area contributed by atoms with E-state index in [1.165, 1.54) is 0 Å². The quantitative estimate of drug-likeness (QED) is 0.655. The molecule has 2 heterocycles. The monoisotopic (exact) mass is 384 g/mol. The Hall–Kier alpha value is -1.27. The largest absolute Gasteiger partial charge is 0.468 e. The van der Waals surface area contributed by atoms with Crippen LogP contribution in [0.2, 0.25) is 0 Å². The first-order valence-electron chi connectivity index (χ1n) is 5.66. The van der Waals surface area contributed by atoms with Crippen LogP contribution in [-0.4, -0.2) is 9.97 Å². The second kappa shape index (κ2) is 4.68. The minimum Gasteiger partial charge on any atom is -0.468 e. The number of halogens is 2. The highest BCUT2D eigenvalue weighted by Gasteiger charge is 2.19. The van der Waals surface area contributed by atoms with Crippen molar-refractivity contribution >= 4 is 42.9 Å². The molecule has 2 aromatic heterocycles. The zero-order valence-electron chi connectivity index (χ0n) is 9.96. The minimum atomic E-state index is -0.209. The highest BCUT2D eigenvalue weighted by Crippen LogP contribution is 2.38. The SMILES string of the molecule is Cc1ccoc1C(Br)c1cc2[nH]c(=O)[nH]c2cc1Br. The van der Waals surface area contributed by atoms with Crippen LogP contribution < -0.4 is 5.69 Å². The van der Waals surface area contributed by atoms with E-state index in [2.05, 4.69) is 41.8 Å². The van der Waals surface area contributed by atoms with Crippen LogP contribution in [0.4, 0.5) is 0 Å². The van der Waals surface area contributed by atoms with Gasteiger partial charge in [0.25, 0.3) is 0 Å². The lowest BCUT2D eigenvalue weighted by molar-refractivity contribution is 0.517. The number of furan rings is 1. The van der Waals surface area contributed by atoms with Gasteiger partial charge in [-0.3, -0.25) is 0 Å². The van der Waals surface area contributed by atoms with Crippen molar-refractivity contribution in [3.8, 4) is 0 Å². The number of alkyl halides is 1. The molecule has 0 spiro atoms. The van der Waals surface area contributed by atoms with Crippen molar-refractivity contribution in [2.45, 2.75) is 11.8 Å². The molecule has 0 aliphatic heterocycles. The molecule has 0 saturated carbocycles. The van der Waals surface area contributed by atoms with E-state index in [4.69, 9.17) is 4.42 Å². The molecule has 0 fully saturated rings. The van der Waals surface area contributed by atoms with Crippen LogP contribution in [0.3, 0.4) is 0 Å². The fourth-order valence-corrected chi connectivity index (χ4v) is 3.78.